The Balaban J connectivity index is 2.11. The Morgan fingerprint density at radius 1 is 1.17 bits per heavy atom. The number of benzene rings is 2. The molecule has 2 aromatic rings. The fraction of sp³-hybridized carbons (Fsp3) is 0.250. The Kier molecular flexibility index (Phi) is 6.54. The summed E-state index contributed by atoms with van der Waals surface area (Å²) < 4.78 is 0.843. The number of nitrogens with two attached hydrogens (primary N) is 1. The smallest absolute Gasteiger partial charge is 0.339 e. The van der Waals surface area contributed by atoms with E-state index in [0.717, 1.165) is 19.8 Å². The number of hydrogen-bond donors (Lipinski definition) is 2. The van der Waals surface area contributed by atoms with E-state index in [4.69, 9.17) is 28.9 Å². The van der Waals surface area contributed by atoms with Gasteiger partial charge < -0.3 is 10.8 Å². The number of aliphatic hydroxyl groups is 1. The summed E-state index contributed by atoms with van der Waals surface area (Å²) in [7, 11) is 0. The molecule has 1 fully saturated rings. The number of carbonyl (C=O) groups is 3. The molecule has 0 bridgehead atoms. The van der Waals surface area contributed by atoms with E-state index < -0.39 is 36.0 Å². The van der Waals surface area contributed by atoms with Crippen molar-refractivity contribution in [1.82, 2.24) is 4.90 Å². The van der Waals surface area contributed by atoms with Crippen molar-refractivity contribution in [2.45, 2.75) is 24.9 Å². The van der Waals surface area contributed by atoms with E-state index in [1.807, 2.05) is 0 Å². The molecule has 0 radical (unpaired) electrons. The molecule has 1 heterocycles. The van der Waals surface area contributed by atoms with Gasteiger partial charge in [-0.05, 0) is 42.8 Å². The zero-order chi connectivity index (χ0) is 22.2. The van der Waals surface area contributed by atoms with Crippen molar-refractivity contribution in [2.24, 2.45) is 5.73 Å². The highest BCUT2D eigenvalue weighted by atomic mass is 79.9. The van der Waals surface area contributed by atoms with Gasteiger partial charge in [-0.1, -0.05) is 51.3 Å². The number of urea groups is 1. The molecular weight excluding hydrogens is 497 g/mol. The first-order chi connectivity index (χ1) is 14.1. The van der Waals surface area contributed by atoms with Gasteiger partial charge in [-0.2, -0.15) is 0 Å². The number of anilines is 1. The van der Waals surface area contributed by atoms with E-state index in [-0.39, 0.29) is 22.2 Å². The van der Waals surface area contributed by atoms with Gasteiger partial charge in [0.15, 0.2) is 0 Å². The Morgan fingerprint density at radius 2 is 1.73 bits per heavy atom. The number of halogens is 3. The van der Waals surface area contributed by atoms with Gasteiger partial charge in [-0.15, -0.1) is 0 Å². The first-order valence-electron chi connectivity index (χ1n) is 8.88. The first-order valence-corrected chi connectivity index (χ1v) is 10.4. The third-order valence-corrected chi connectivity index (χ3v) is 5.81. The van der Waals surface area contributed by atoms with Gasteiger partial charge in [-0.25, -0.2) is 14.6 Å². The van der Waals surface area contributed by atoms with E-state index in [9.17, 15) is 19.5 Å². The minimum absolute atomic E-state index is 0.0551. The SMILES string of the molecule is C[C@@]1(Cc2ccc(Br)cc2)C(=O)N(c2cc(Cl)cc(Cl)c2)C(=O)N1C(=O)[C@H](N)CO. The molecule has 4 amide bonds. The predicted octanol–water partition coefficient (Wildman–Crippen LogP) is 3.37. The average molecular weight is 515 g/mol. The summed E-state index contributed by atoms with van der Waals surface area (Å²) in [5.74, 6) is -1.49. The van der Waals surface area contributed by atoms with E-state index >= 15 is 0 Å². The summed E-state index contributed by atoms with van der Waals surface area (Å²) in [5.41, 5.74) is 4.99. The van der Waals surface area contributed by atoms with Crippen LogP contribution in [0.1, 0.15) is 12.5 Å². The second-order valence-electron chi connectivity index (χ2n) is 7.09. The Morgan fingerprint density at radius 3 is 2.27 bits per heavy atom. The largest absolute Gasteiger partial charge is 0.394 e. The lowest BCUT2D eigenvalue weighted by molar-refractivity contribution is -0.139. The molecule has 2 atom stereocenters. The van der Waals surface area contributed by atoms with Gasteiger partial charge in [0.1, 0.15) is 11.6 Å². The maximum Gasteiger partial charge on any atom is 0.339 e. The number of carbonyl (C=O) groups excluding carboxylic acids is 3. The number of nitrogens with zero attached hydrogens (tertiary/aromatic N) is 2. The molecule has 0 saturated carbocycles. The second kappa shape index (κ2) is 8.64. The fourth-order valence-electron chi connectivity index (χ4n) is 3.37. The molecule has 30 heavy (non-hydrogen) atoms. The molecular formula is C20H18BrCl2N3O4. The third kappa shape index (κ3) is 4.10. The fourth-order valence-corrected chi connectivity index (χ4v) is 4.15. The molecule has 2 aromatic carbocycles. The van der Waals surface area contributed by atoms with E-state index in [0.29, 0.717) is 0 Å². The van der Waals surface area contributed by atoms with Crippen LogP contribution < -0.4 is 10.6 Å². The van der Waals surface area contributed by atoms with Crippen molar-refractivity contribution in [3.63, 3.8) is 0 Å². The standard InChI is InChI=1S/C20H18BrCl2N3O4/c1-20(9-11-2-4-12(21)5-3-11)18(29)25(15-7-13(22)6-14(23)8-15)19(30)26(20)17(28)16(24)10-27/h2-8,16,27H,9-10,24H2,1H3/t16-,20-/m1/s1. The Hall–Kier alpha value is -1.97. The molecule has 0 aliphatic carbocycles. The number of hydrogen-bond acceptors (Lipinski definition) is 5. The topological polar surface area (TPSA) is 104 Å². The van der Waals surface area contributed by atoms with Gasteiger partial charge >= 0.3 is 6.03 Å². The monoisotopic (exact) mass is 513 g/mol. The van der Waals surface area contributed by atoms with Crippen LogP contribution in [-0.4, -0.2) is 46.0 Å². The van der Waals surface area contributed by atoms with Crippen molar-refractivity contribution in [2.75, 3.05) is 11.5 Å². The molecule has 1 aliphatic rings. The van der Waals surface area contributed by atoms with Gasteiger partial charge in [0.05, 0.1) is 12.3 Å². The third-order valence-electron chi connectivity index (χ3n) is 4.84. The summed E-state index contributed by atoms with van der Waals surface area (Å²) in [6.45, 7) is 0.817. The van der Waals surface area contributed by atoms with Crippen LogP contribution in [0.3, 0.4) is 0 Å². The predicted molar refractivity (Wildman–Crippen MR) is 118 cm³/mol. The van der Waals surface area contributed by atoms with Crippen LogP contribution in [0.2, 0.25) is 10.0 Å². The van der Waals surface area contributed by atoms with Crippen LogP contribution in [0.25, 0.3) is 0 Å². The average Bonchev–Trinajstić information content (AvgIpc) is 2.87. The van der Waals surface area contributed by atoms with E-state index in [1.165, 1.54) is 25.1 Å². The maximum absolute atomic E-state index is 13.5. The van der Waals surface area contributed by atoms with Crippen molar-refractivity contribution in [3.8, 4) is 0 Å². The summed E-state index contributed by atoms with van der Waals surface area (Å²) >= 11 is 15.4. The number of aliphatic hydroxyl groups excluding tert-OH is 1. The van der Waals surface area contributed by atoms with Crippen molar-refractivity contribution in [1.29, 1.82) is 0 Å². The zero-order valence-electron chi connectivity index (χ0n) is 15.8. The van der Waals surface area contributed by atoms with Crippen LogP contribution in [0.5, 0.6) is 0 Å². The summed E-state index contributed by atoms with van der Waals surface area (Å²) in [6, 6.07) is 9.18. The second-order valence-corrected chi connectivity index (χ2v) is 8.88. The highest BCUT2D eigenvalue weighted by molar-refractivity contribution is 9.10. The van der Waals surface area contributed by atoms with Crippen LogP contribution in [-0.2, 0) is 16.0 Å². The van der Waals surface area contributed by atoms with E-state index in [2.05, 4.69) is 15.9 Å². The minimum atomic E-state index is -1.57. The van der Waals surface area contributed by atoms with E-state index in [1.54, 1.807) is 24.3 Å². The van der Waals surface area contributed by atoms with Crippen LogP contribution in [0, 0.1) is 0 Å². The highest BCUT2D eigenvalue weighted by Gasteiger charge is 2.58. The lowest BCUT2D eigenvalue weighted by Crippen LogP contribution is -2.57. The zero-order valence-corrected chi connectivity index (χ0v) is 18.9. The van der Waals surface area contributed by atoms with Gasteiger partial charge in [0, 0.05) is 20.9 Å². The molecule has 0 spiro atoms. The molecule has 1 saturated heterocycles. The molecule has 1 aliphatic heterocycles. The Bertz CT molecular complexity index is 997. The normalized spacial score (nSPS) is 20.1. The molecule has 0 aromatic heterocycles. The highest BCUT2D eigenvalue weighted by Crippen LogP contribution is 2.37. The van der Waals surface area contributed by atoms with Crippen molar-refractivity contribution < 1.29 is 19.5 Å². The molecule has 3 N–H and O–H groups in total. The van der Waals surface area contributed by atoms with Crippen LogP contribution in [0.15, 0.2) is 46.9 Å². The van der Waals surface area contributed by atoms with Crippen molar-refractivity contribution >= 4 is 62.7 Å². The van der Waals surface area contributed by atoms with Crippen LogP contribution >= 0.6 is 39.1 Å². The quantitative estimate of drug-likeness (QED) is 0.595. The molecule has 10 heteroatoms. The van der Waals surface area contributed by atoms with Gasteiger partial charge in [0.2, 0.25) is 0 Å². The summed E-state index contributed by atoms with van der Waals surface area (Å²) in [5, 5.41) is 9.79. The maximum atomic E-state index is 13.5. The summed E-state index contributed by atoms with van der Waals surface area (Å²) in [6.07, 6.45) is 0.0551. The minimum Gasteiger partial charge on any atom is -0.394 e. The Labute approximate surface area is 191 Å². The lowest BCUT2D eigenvalue weighted by atomic mass is 9.90. The first kappa shape index (κ1) is 22.7. The lowest BCUT2D eigenvalue weighted by Gasteiger charge is -2.31. The van der Waals surface area contributed by atoms with Crippen molar-refractivity contribution in [3.05, 3.63) is 62.5 Å². The van der Waals surface area contributed by atoms with Crippen LogP contribution in [0.4, 0.5) is 10.5 Å². The van der Waals surface area contributed by atoms with Gasteiger partial charge in [-0.3, -0.25) is 9.59 Å². The number of rotatable bonds is 5. The summed E-state index contributed by atoms with van der Waals surface area (Å²) in [4.78, 5) is 41.3. The molecule has 0 unspecified atom stereocenters. The molecule has 158 valence electrons. The molecule has 3 rings (SSSR count). The number of amides is 4. The molecule has 7 nitrogen and oxygen atoms in total. The number of imide groups is 2. The van der Waals surface area contributed by atoms with Gasteiger partial charge in [0.25, 0.3) is 11.8 Å².